The first-order valence-electron chi connectivity index (χ1n) is 5.91. The second kappa shape index (κ2) is 5.26. The lowest BCUT2D eigenvalue weighted by molar-refractivity contribution is 0.268. The van der Waals surface area contributed by atoms with E-state index in [9.17, 15) is 0 Å². The first-order valence-corrected chi connectivity index (χ1v) is 5.91. The summed E-state index contributed by atoms with van der Waals surface area (Å²) >= 11 is 0. The Morgan fingerprint density at radius 2 is 2.00 bits per heavy atom. The maximum absolute atomic E-state index is 8.80. The van der Waals surface area contributed by atoms with Gasteiger partial charge in [-0.1, -0.05) is 30.9 Å². The Bertz CT molecular complexity index is 290. The van der Waals surface area contributed by atoms with E-state index in [4.69, 9.17) is 5.11 Å². The lowest BCUT2D eigenvalue weighted by atomic mass is 9.97. The van der Waals surface area contributed by atoms with Gasteiger partial charge in [0.15, 0.2) is 0 Å². The van der Waals surface area contributed by atoms with Gasteiger partial charge in [0, 0.05) is 12.1 Å². The third-order valence-electron chi connectivity index (χ3n) is 3.16. The molecule has 1 aromatic rings. The highest BCUT2D eigenvalue weighted by atomic mass is 16.3. The highest BCUT2D eigenvalue weighted by molar-refractivity contribution is 5.02. The molecule has 0 unspecified atom stereocenters. The summed E-state index contributed by atoms with van der Waals surface area (Å²) in [5, 5.41) is 17.0. The van der Waals surface area contributed by atoms with Crippen LogP contribution < -0.4 is 0 Å². The summed E-state index contributed by atoms with van der Waals surface area (Å²) in [4.78, 5) is 0. The molecule has 1 aliphatic carbocycles. The van der Waals surface area contributed by atoms with E-state index < -0.39 is 0 Å². The normalized spacial score (nSPS) is 19.0. The zero-order chi connectivity index (χ0) is 10.5. The first-order chi connectivity index (χ1) is 7.40. The van der Waals surface area contributed by atoms with Gasteiger partial charge in [0.2, 0.25) is 0 Å². The van der Waals surface area contributed by atoms with Crippen LogP contribution in [0.5, 0.6) is 0 Å². The molecule has 4 nitrogen and oxygen atoms in total. The van der Waals surface area contributed by atoms with Gasteiger partial charge in [-0.3, -0.25) is 0 Å². The second-order valence-electron chi connectivity index (χ2n) is 4.32. The Labute approximate surface area is 90.3 Å². The SMILES string of the molecule is OCCn1cc(C2CCCCCC2)nn1. The summed E-state index contributed by atoms with van der Waals surface area (Å²) in [6.07, 6.45) is 9.85. The molecule has 0 spiro atoms. The average molecular weight is 209 g/mol. The van der Waals surface area contributed by atoms with Crippen LogP contribution in [0.15, 0.2) is 6.20 Å². The van der Waals surface area contributed by atoms with Crippen LogP contribution in [0.3, 0.4) is 0 Å². The van der Waals surface area contributed by atoms with Gasteiger partial charge in [0.25, 0.3) is 0 Å². The standard InChI is InChI=1S/C11H19N3O/c15-8-7-14-9-11(12-13-14)10-5-3-1-2-4-6-10/h9-10,15H,1-8H2. The fourth-order valence-electron chi connectivity index (χ4n) is 2.29. The van der Waals surface area contributed by atoms with Gasteiger partial charge in [0.05, 0.1) is 18.8 Å². The zero-order valence-corrected chi connectivity index (χ0v) is 9.10. The molecule has 1 aromatic heterocycles. The molecule has 2 rings (SSSR count). The van der Waals surface area contributed by atoms with E-state index in [2.05, 4.69) is 10.3 Å². The van der Waals surface area contributed by atoms with Crippen LogP contribution >= 0.6 is 0 Å². The van der Waals surface area contributed by atoms with E-state index in [1.165, 1.54) is 38.5 Å². The van der Waals surface area contributed by atoms with Gasteiger partial charge in [-0.15, -0.1) is 5.10 Å². The second-order valence-corrected chi connectivity index (χ2v) is 4.32. The molecule has 0 atom stereocenters. The molecular weight excluding hydrogens is 190 g/mol. The van der Waals surface area contributed by atoms with Crippen molar-refractivity contribution < 1.29 is 5.11 Å². The topological polar surface area (TPSA) is 50.9 Å². The average Bonchev–Trinajstić information content (AvgIpc) is 2.53. The van der Waals surface area contributed by atoms with E-state index in [1.807, 2.05) is 6.20 Å². The van der Waals surface area contributed by atoms with Crippen molar-refractivity contribution in [3.63, 3.8) is 0 Å². The summed E-state index contributed by atoms with van der Waals surface area (Å²) in [5.74, 6) is 0.597. The lowest BCUT2D eigenvalue weighted by Crippen LogP contribution is -2.02. The van der Waals surface area contributed by atoms with Crippen molar-refractivity contribution in [2.45, 2.75) is 51.0 Å². The van der Waals surface area contributed by atoms with Crippen molar-refractivity contribution in [1.29, 1.82) is 0 Å². The largest absolute Gasteiger partial charge is 0.394 e. The molecule has 0 saturated heterocycles. The van der Waals surface area contributed by atoms with E-state index >= 15 is 0 Å². The van der Waals surface area contributed by atoms with Gasteiger partial charge in [-0.2, -0.15) is 0 Å². The fourth-order valence-corrected chi connectivity index (χ4v) is 2.29. The predicted octanol–water partition coefficient (Wildman–Crippen LogP) is 1.71. The number of aromatic nitrogens is 3. The van der Waals surface area contributed by atoms with Crippen molar-refractivity contribution in [1.82, 2.24) is 15.0 Å². The van der Waals surface area contributed by atoms with Crippen LogP contribution in [-0.4, -0.2) is 26.7 Å². The van der Waals surface area contributed by atoms with Crippen LogP contribution in [0, 0.1) is 0 Å². The van der Waals surface area contributed by atoms with Crippen LogP contribution in [-0.2, 0) is 6.54 Å². The maximum Gasteiger partial charge on any atom is 0.0857 e. The molecule has 15 heavy (non-hydrogen) atoms. The molecule has 0 amide bonds. The van der Waals surface area contributed by atoms with Gasteiger partial charge >= 0.3 is 0 Å². The number of nitrogens with zero attached hydrogens (tertiary/aromatic N) is 3. The molecule has 0 bridgehead atoms. The fraction of sp³-hybridized carbons (Fsp3) is 0.818. The molecule has 1 aliphatic rings. The van der Waals surface area contributed by atoms with E-state index in [1.54, 1.807) is 4.68 Å². The van der Waals surface area contributed by atoms with Crippen LogP contribution in [0.1, 0.15) is 50.1 Å². The summed E-state index contributed by atoms with van der Waals surface area (Å²) in [6.45, 7) is 0.688. The molecule has 0 radical (unpaired) electrons. The highest BCUT2D eigenvalue weighted by Gasteiger charge is 2.17. The monoisotopic (exact) mass is 209 g/mol. The number of hydrogen-bond acceptors (Lipinski definition) is 3. The molecule has 1 N–H and O–H groups in total. The molecule has 1 fully saturated rings. The minimum atomic E-state index is 0.132. The third kappa shape index (κ3) is 2.78. The van der Waals surface area contributed by atoms with E-state index in [0.717, 1.165) is 5.69 Å². The number of hydrogen-bond donors (Lipinski definition) is 1. The number of aliphatic hydroxyl groups is 1. The minimum absolute atomic E-state index is 0.132. The third-order valence-corrected chi connectivity index (χ3v) is 3.16. The minimum Gasteiger partial charge on any atom is -0.394 e. The van der Waals surface area contributed by atoms with Gasteiger partial charge in [-0.25, -0.2) is 4.68 Å². The summed E-state index contributed by atoms with van der Waals surface area (Å²) in [5.41, 5.74) is 1.12. The summed E-state index contributed by atoms with van der Waals surface area (Å²) in [7, 11) is 0. The van der Waals surface area contributed by atoms with Crippen molar-refractivity contribution in [3.8, 4) is 0 Å². The number of rotatable bonds is 3. The predicted molar refractivity (Wildman–Crippen MR) is 57.6 cm³/mol. The highest BCUT2D eigenvalue weighted by Crippen LogP contribution is 2.29. The molecule has 84 valence electrons. The number of aliphatic hydroxyl groups excluding tert-OH is 1. The maximum atomic E-state index is 8.80. The van der Waals surface area contributed by atoms with Crippen LogP contribution in [0.2, 0.25) is 0 Å². The molecule has 1 heterocycles. The first kappa shape index (κ1) is 10.6. The Hall–Kier alpha value is -0.900. The quantitative estimate of drug-likeness (QED) is 0.771. The summed E-state index contributed by atoms with van der Waals surface area (Å²) < 4.78 is 1.74. The molecule has 0 aliphatic heterocycles. The van der Waals surface area contributed by atoms with Gasteiger partial charge in [0.1, 0.15) is 0 Å². The Morgan fingerprint density at radius 1 is 1.27 bits per heavy atom. The van der Waals surface area contributed by atoms with Crippen molar-refractivity contribution in [2.75, 3.05) is 6.61 Å². The van der Waals surface area contributed by atoms with Gasteiger partial charge in [-0.05, 0) is 12.8 Å². The molecular formula is C11H19N3O. The molecule has 0 aromatic carbocycles. The zero-order valence-electron chi connectivity index (χ0n) is 9.10. The smallest absolute Gasteiger partial charge is 0.0857 e. The van der Waals surface area contributed by atoms with Crippen molar-refractivity contribution >= 4 is 0 Å². The molecule has 1 saturated carbocycles. The Kier molecular flexibility index (Phi) is 3.72. The lowest BCUT2D eigenvalue weighted by Gasteiger charge is -2.08. The van der Waals surface area contributed by atoms with Crippen molar-refractivity contribution in [2.24, 2.45) is 0 Å². The van der Waals surface area contributed by atoms with E-state index in [-0.39, 0.29) is 6.61 Å². The summed E-state index contributed by atoms with van der Waals surface area (Å²) in [6, 6.07) is 0. The Balaban J connectivity index is 2.00. The van der Waals surface area contributed by atoms with Gasteiger partial charge < -0.3 is 5.11 Å². The van der Waals surface area contributed by atoms with E-state index in [0.29, 0.717) is 12.5 Å². The van der Waals surface area contributed by atoms with Crippen molar-refractivity contribution in [3.05, 3.63) is 11.9 Å². The Morgan fingerprint density at radius 3 is 2.67 bits per heavy atom. The van der Waals surface area contributed by atoms with Crippen LogP contribution in [0.25, 0.3) is 0 Å². The van der Waals surface area contributed by atoms with Crippen LogP contribution in [0.4, 0.5) is 0 Å². The molecule has 4 heteroatoms.